The molecule has 0 radical (unpaired) electrons. The van der Waals surface area contributed by atoms with Crippen molar-refractivity contribution in [2.45, 2.75) is 44.6 Å². The number of benzene rings is 1. The topological polar surface area (TPSA) is 20.2 Å². The van der Waals surface area contributed by atoms with Gasteiger partial charge < -0.3 is 5.11 Å². The second-order valence-corrected chi connectivity index (χ2v) is 11.0. The predicted molar refractivity (Wildman–Crippen MR) is 68.8 cm³/mol. The van der Waals surface area contributed by atoms with Crippen LogP contribution in [0.15, 0.2) is 30.3 Å². The third-order valence-corrected chi connectivity index (χ3v) is 4.44. The summed E-state index contributed by atoms with van der Waals surface area (Å²) in [4.78, 5) is 0. The molecule has 0 bridgehead atoms. The van der Waals surface area contributed by atoms with E-state index in [0.717, 1.165) is 18.4 Å². The summed E-state index contributed by atoms with van der Waals surface area (Å²) in [5.41, 5.74) is 1.05. The molecule has 0 saturated heterocycles. The van der Waals surface area contributed by atoms with Gasteiger partial charge in [0.25, 0.3) is 0 Å². The Morgan fingerprint density at radius 1 is 1.13 bits per heavy atom. The van der Waals surface area contributed by atoms with Crippen LogP contribution in [-0.4, -0.2) is 13.2 Å². The molecule has 1 rings (SSSR count). The molecule has 1 unspecified atom stereocenters. The highest BCUT2D eigenvalue weighted by Gasteiger charge is 2.14. The van der Waals surface area contributed by atoms with Gasteiger partial charge in [0.2, 0.25) is 0 Å². The first-order valence-electron chi connectivity index (χ1n) is 5.72. The Kier molecular flexibility index (Phi) is 4.55. The van der Waals surface area contributed by atoms with Gasteiger partial charge in [0.05, 0.1) is 6.10 Å². The maximum absolute atomic E-state index is 9.93. The van der Waals surface area contributed by atoms with Gasteiger partial charge in [0.15, 0.2) is 0 Å². The fourth-order valence-electron chi connectivity index (χ4n) is 1.67. The molecule has 0 amide bonds. The largest absolute Gasteiger partial charge is 0.388 e. The first-order chi connectivity index (χ1) is 6.99. The molecule has 1 N–H and O–H groups in total. The van der Waals surface area contributed by atoms with Gasteiger partial charge in [0, 0.05) is 8.07 Å². The number of aliphatic hydroxyl groups excluding tert-OH is 1. The first-order valence-corrected chi connectivity index (χ1v) is 9.43. The van der Waals surface area contributed by atoms with Crippen molar-refractivity contribution in [1.82, 2.24) is 0 Å². The lowest BCUT2D eigenvalue weighted by molar-refractivity contribution is 0.166. The van der Waals surface area contributed by atoms with E-state index in [9.17, 15) is 5.11 Å². The van der Waals surface area contributed by atoms with Crippen molar-refractivity contribution in [3.05, 3.63) is 35.9 Å². The summed E-state index contributed by atoms with van der Waals surface area (Å²) in [6.07, 6.45) is 1.77. The number of hydrogen-bond donors (Lipinski definition) is 1. The van der Waals surface area contributed by atoms with Gasteiger partial charge >= 0.3 is 0 Å². The molecule has 0 saturated carbocycles. The molecule has 1 nitrogen and oxygen atoms in total. The predicted octanol–water partition coefficient (Wildman–Crippen LogP) is 3.84. The zero-order valence-corrected chi connectivity index (χ0v) is 11.0. The van der Waals surface area contributed by atoms with Gasteiger partial charge in [-0.3, -0.25) is 0 Å². The van der Waals surface area contributed by atoms with Crippen molar-refractivity contribution in [2.75, 3.05) is 0 Å². The van der Waals surface area contributed by atoms with E-state index in [1.807, 2.05) is 30.3 Å². The summed E-state index contributed by atoms with van der Waals surface area (Å²) in [5, 5.41) is 9.93. The molecule has 2 heteroatoms. The fraction of sp³-hybridized carbons (Fsp3) is 0.538. The fourth-order valence-corrected chi connectivity index (χ4v) is 2.93. The summed E-state index contributed by atoms with van der Waals surface area (Å²) in [6.45, 7) is 7.13. The Morgan fingerprint density at radius 2 is 1.73 bits per heavy atom. The van der Waals surface area contributed by atoms with E-state index in [1.165, 1.54) is 6.04 Å². The molecule has 1 atom stereocenters. The lowest BCUT2D eigenvalue weighted by Gasteiger charge is -2.17. The minimum Gasteiger partial charge on any atom is -0.388 e. The van der Waals surface area contributed by atoms with E-state index in [4.69, 9.17) is 0 Å². The smallest absolute Gasteiger partial charge is 0.0789 e. The molecule has 15 heavy (non-hydrogen) atoms. The third kappa shape index (κ3) is 5.14. The Labute approximate surface area is 94.2 Å². The lowest BCUT2D eigenvalue weighted by atomic mass is 10.1. The van der Waals surface area contributed by atoms with Crippen molar-refractivity contribution in [3.8, 4) is 0 Å². The van der Waals surface area contributed by atoms with Crippen molar-refractivity contribution >= 4 is 8.07 Å². The monoisotopic (exact) mass is 222 g/mol. The minimum absolute atomic E-state index is 0.275. The van der Waals surface area contributed by atoms with Gasteiger partial charge in [0.1, 0.15) is 0 Å². The molecule has 1 aromatic rings. The summed E-state index contributed by atoms with van der Waals surface area (Å²) < 4.78 is 0. The van der Waals surface area contributed by atoms with E-state index in [1.54, 1.807) is 0 Å². The molecule has 0 spiro atoms. The second kappa shape index (κ2) is 5.47. The molecule has 0 heterocycles. The number of aliphatic hydroxyl groups is 1. The van der Waals surface area contributed by atoms with E-state index in [0.29, 0.717) is 0 Å². The van der Waals surface area contributed by atoms with E-state index >= 15 is 0 Å². The molecular formula is C13H22OSi. The van der Waals surface area contributed by atoms with Crippen LogP contribution in [0.4, 0.5) is 0 Å². The zero-order chi connectivity index (χ0) is 11.3. The molecule has 0 aliphatic carbocycles. The van der Waals surface area contributed by atoms with Crippen LogP contribution in [0.3, 0.4) is 0 Å². The van der Waals surface area contributed by atoms with Crippen LogP contribution in [0, 0.1) is 0 Å². The normalized spacial score (nSPS) is 13.9. The maximum Gasteiger partial charge on any atom is 0.0789 e. The van der Waals surface area contributed by atoms with E-state index in [2.05, 4.69) is 19.6 Å². The summed E-state index contributed by atoms with van der Waals surface area (Å²) in [5.74, 6) is 0. The third-order valence-electron chi connectivity index (χ3n) is 2.59. The van der Waals surface area contributed by atoms with Crippen LogP contribution in [0.1, 0.15) is 24.5 Å². The second-order valence-electron chi connectivity index (χ2n) is 5.38. The van der Waals surface area contributed by atoms with Gasteiger partial charge in [-0.15, -0.1) is 0 Å². The van der Waals surface area contributed by atoms with Crippen LogP contribution < -0.4 is 0 Å². The van der Waals surface area contributed by atoms with Gasteiger partial charge in [-0.05, 0) is 12.0 Å². The summed E-state index contributed by atoms with van der Waals surface area (Å²) in [6, 6.07) is 11.3. The average Bonchev–Trinajstić information content (AvgIpc) is 2.17. The molecule has 0 aromatic heterocycles. The Balaban J connectivity index is 2.34. The minimum atomic E-state index is -0.936. The van der Waals surface area contributed by atoms with Crippen LogP contribution in [0.5, 0.6) is 0 Å². The van der Waals surface area contributed by atoms with Gasteiger partial charge in [-0.25, -0.2) is 0 Å². The number of rotatable bonds is 5. The Bertz CT molecular complexity index is 276. The van der Waals surface area contributed by atoms with E-state index < -0.39 is 8.07 Å². The lowest BCUT2D eigenvalue weighted by Crippen LogP contribution is -2.19. The summed E-state index contributed by atoms with van der Waals surface area (Å²) in [7, 11) is -0.936. The molecule has 1 aromatic carbocycles. The first kappa shape index (κ1) is 12.5. The highest BCUT2D eigenvalue weighted by atomic mass is 28.3. The van der Waals surface area contributed by atoms with Crippen molar-refractivity contribution in [1.29, 1.82) is 0 Å². The average molecular weight is 222 g/mol. The SMILES string of the molecule is C[Si](C)(C)CCCC(O)c1ccccc1. The number of hydrogen-bond acceptors (Lipinski definition) is 1. The van der Waals surface area contributed by atoms with Crippen molar-refractivity contribution in [3.63, 3.8) is 0 Å². The molecule has 0 aliphatic rings. The van der Waals surface area contributed by atoms with Crippen molar-refractivity contribution < 1.29 is 5.11 Å². The van der Waals surface area contributed by atoms with Crippen LogP contribution in [0.2, 0.25) is 25.7 Å². The maximum atomic E-state index is 9.93. The molecule has 84 valence electrons. The van der Waals surface area contributed by atoms with Crippen LogP contribution >= 0.6 is 0 Å². The quantitative estimate of drug-likeness (QED) is 0.751. The standard InChI is InChI=1S/C13H22OSi/c1-15(2,3)11-7-10-13(14)12-8-5-4-6-9-12/h4-6,8-9,13-14H,7,10-11H2,1-3H3. The van der Waals surface area contributed by atoms with Gasteiger partial charge in [-0.1, -0.05) is 62.4 Å². The Morgan fingerprint density at radius 3 is 2.27 bits per heavy atom. The Hall–Kier alpha value is -0.603. The molecule has 0 fully saturated rings. The van der Waals surface area contributed by atoms with Crippen LogP contribution in [-0.2, 0) is 0 Å². The summed E-state index contributed by atoms with van der Waals surface area (Å²) >= 11 is 0. The van der Waals surface area contributed by atoms with Gasteiger partial charge in [-0.2, -0.15) is 0 Å². The highest BCUT2D eigenvalue weighted by Crippen LogP contribution is 2.21. The van der Waals surface area contributed by atoms with E-state index in [-0.39, 0.29) is 6.10 Å². The van der Waals surface area contributed by atoms with Crippen molar-refractivity contribution in [2.24, 2.45) is 0 Å². The molecular weight excluding hydrogens is 200 g/mol. The zero-order valence-electron chi connectivity index (χ0n) is 10.0. The highest BCUT2D eigenvalue weighted by molar-refractivity contribution is 6.76. The van der Waals surface area contributed by atoms with Crippen LogP contribution in [0.25, 0.3) is 0 Å². The molecule has 0 aliphatic heterocycles.